The molecular formula is C24H31ClN4O. The van der Waals surface area contributed by atoms with Crippen molar-refractivity contribution in [3.05, 3.63) is 41.2 Å². The van der Waals surface area contributed by atoms with Crippen molar-refractivity contribution in [3.8, 4) is 11.3 Å². The molecule has 1 aliphatic heterocycles. The predicted octanol–water partition coefficient (Wildman–Crippen LogP) is 4.84. The summed E-state index contributed by atoms with van der Waals surface area (Å²) in [6.45, 7) is 1.77. The highest BCUT2D eigenvalue weighted by atomic mass is 35.5. The van der Waals surface area contributed by atoms with Crippen molar-refractivity contribution in [2.45, 2.75) is 63.5 Å². The summed E-state index contributed by atoms with van der Waals surface area (Å²) in [5.74, 6) is 1.59. The molecule has 0 bridgehead atoms. The minimum atomic E-state index is 0.376. The maximum absolute atomic E-state index is 6.53. The molecule has 1 spiro atoms. The zero-order valence-corrected chi connectivity index (χ0v) is 18.2. The number of pyridine rings is 2. The van der Waals surface area contributed by atoms with Crippen LogP contribution in [0, 0.1) is 11.3 Å². The highest BCUT2D eigenvalue weighted by molar-refractivity contribution is 6.33. The average molecular weight is 427 g/mol. The number of ether oxygens (including phenoxy) is 1. The Kier molecular flexibility index (Phi) is 5.69. The van der Waals surface area contributed by atoms with Gasteiger partial charge in [-0.2, -0.15) is 0 Å². The number of nitrogens with one attached hydrogen (secondary N) is 1. The Morgan fingerprint density at radius 1 is 1.17 bits per heavy atom. The minimum Gasteiger partial charge on any atom is -0.381 e. The molecule has 2 aromatic rings. The summed E-state index contributed by atoms with van der Waals surface area (Å²) in [5, 5.41) is 4.31. The molecule has 3 N–H and O–H groups in total. The van der Waals surface area contributed by atoms with Gasteiger partial charge in [-0.25, -0.2) is 4.98 Å². The lowest BCUT2D eigenvalue weighted by Crippen LogP contribution is -2.27. The van der Waals surface area contributed by atoms with Crippen molar-refractivity contribution in [3.63, 3.8) is 0 Å². The van der Waals surface area contributed by atoms with Crippen LogP contribution < -0.4 is 11.1 Å². The van der Waals surface area contributed by atoms with E-state index < -0.39 is 0 Å². The van der Waals surface area contributed by atoms with Crippen LogP contribution >= 0.6 is 11.6 Å². The molecule has 6 heteroatoms. The molecule has 1 saturated heterocycles. The Bertz CT molecular complexity index is 891. The van der Waals surface area contributed by atoms with E-state index in [9.17, 15) is 0 Å². The maximum atomic E-state index is 6.53. The van der Waals surface area contributed by atoms with Crippen molar-refractivity contribution in [2.24, 2.45) is 17.1 Å². The van der Waals surface area contributed by atoms with Gasteiger partial charge in [-0.15, -0.1) is 0 Å². The largest absolute Gasteiger partial charge is 0.381 e. The summed E-state index contributed by atoms with van der Waals surface area (Å²) in [7, 11) is 0. The topological polar surface area (TPSA) is 73.1 Å². The monoisotopic (exact) mass is 426 g/mol. The van der Waals surface area contributed by atoms with E-state index in [4.69, 9.17) is 27.1 Å². The lowest BCUT2D eigenvalue weighted by Gasteiger charge is -2.25. The van der Waals surface area contributed by atoms with Crippen LogP contribution in [-0.4, -0.2) is 35.3 Å². The Morgan fingerprint density at radius 3 is 2.77 bits per heavy atom. The fourth-order valence-corrected chi connectivity index (χ4v) is 5.40. The Hall–Kier alpha value is -1.69. The van der Waals surface area contributed by atoms with Crippen LogP contribution in [0.3, 0.4) is 0 Å². The zero-order valence-electron chi connectivity index (χ0n) is 17.4. The molecule has 1 atom stereocenters. The first-order valence-corrected chi connectivity index (χ1v) is 11.7. The smallest absolute Gasteiger partial charge is 0.126 e. The van der Waals surface area contributed by atoms with Crippen LogP contribution in [-0.2, 0) is 11.2 Å². The fraction of sp³-hybridized carbons (Fsp3) is 0.583. The van der Waals surface area contributed by atoms with E-state index >= 15 is 0 Å². The highest BCUT2D eigenvalue weighted by Crippen LogP contribution is 2.54. The van der Waals surface area contributed by atoms with Gasteiger partial charge in [0.2, 0.25) is 0 Å². The molecule has 0 radical (unpaired) electrons. The number of nitrogens with two attached hydrogens (primary N) is 1. The summed E-state index contributed by atoms with van der Waals surface area (Å²) in [4.78, 5) is 9.49. The van der Waals surface area contributed by atoms with Gasteiger partial charge in [0.05, 0.1) is 10.7 Å². The van der Waals surface area contributed by atoms with E-state index in [1.807, 2.05) is 6.07 Å². The van der Waals surface area contributed by atoms with Gasteiger partial charge in [0.15, 0.2) is 0 Å². The van der Waals surface area contributed by atoms with Crippen LogP contribution in [0.1, 0.15) is 50.6 Å². The molecule has 5 nitrogen and oxygen atoms in total. The Labute approximate surface area is 183 Å². The number of hydrogen-bond donors (Lipinski definition) is 2. The quantitative estimate of drug-likeness (QED) is 0.715. The van der Waals surface area contributed by atoms with E-state index in [2.05, 4.69) is 28.5 Å². The second-order valence-corrected chi connectivity index (χ2v) is 9.83. The van der Waals surface area contributed by atoms with Gasteiger partial charge in [0, 0.05) is 42.8 Å². The first-order valence-electron chi connectivity index (χ1n) is 11.3. The zero-order chi connectivity index (χ0) is 20.6. The molecule has 1 unspecified atom stereocenters. The van der Waals surface area contributed by atoms with Crippen molar-refractivity contribution in [1.82, 2.24) is 9.97 Å². The van der Waals surface area contributed by atoms with Crippen molar-refractivity contribution in [2.75, 3.05) is 18.5 Å². The first-order chi connectivity index (χ1) is 14.6. The molecule has 0 aromatic carbocycles. The molecular weight excluding hydrogens is 396 g/mol. The van der Waals surface area contributed by atoms with Crippen molar-refractivity contribution >= 4 is 17.4 Å². The normalized spacial score (nSPS) is 27.7. The Balaban J connectivity index is 1.30. The summed E-state index contributed by atoms with van der Waals surface area (Å²) in [5.41, 5.74) is 9.44. The maximum Gasteiger partial charge on any atom is 0.126 e. The van der Waals surface area contributed by atoms with E-state index in [0.29, 0.717) is 28.4 Å². The second kappa shape index (κ2) is 8.45. The van der Waals surface area contributed by atoms with Gasteiger partial charge in [-0.05, 0) is 80.9 Å². The molecule has 3 aliphatic rings. The predicted molar refractivity (Wildman–Crippen MR) is 121 cm³/mol. The van der Waals surface area contributed by atoms with Crippen LogP contribution in [0.25, 0.3) is 11.3 Å². The van der Waals surface area contributed by atoms with Crippen LogP contribution in [0.4, 0.5) is 5.82 Å². The molecule has 2 aliphatic carbocycles. The van der Waals surface area contributed by atoms with Gasteiger partial charge in [0.25, 0.3) is 0 Å². The lowest BCUT2D eigenvalue weighted by atomic mass is 9.83. The number of anilines is 1. The third-order valence-electron chi connectivity index (χ3n) is 7.33. The lowest BCUT2D eigenvalue weighted by molar-refractivity contribution is 0.0567. The summed E-state index contributed by atoms with van der Waals surface area (Å²) in [6, 6.07) is 9.15. The molecule has 5 rings (SSSR count). The van der Waals surface area contributed by atoms with E-state index in [0.717, 1.165) is 68.1 Å². The third kappa shape index (κ3) is 4.34. The number of nitrogens with zero attached hydrogens (tertiary/aromatic N) is 2. The van der Waals surface area contributed by atoms with E-state index in [-0.39, 0.29) is 0 Å². The SMILES string of the molecule is NC1CCC(Cc2cc(-c3cccc(NC4CC45CCOCC5)n3)c(Cl)cn2)CC1. The van der Waals surface area contributed by atoms with Crippen LogP contribution in [0.2, 0.25) is 5.02 Å². The van der Waals surface area contributed by atoms with Crippen molar-refractivity contribution in [1.29, 1.82) is 0 Å². The molecule has 30 heavy (non-hydrogen) atoms. The van der Waals surface area contributed by atoms with Crippen molar-refractivity contribution < 1.29 is 4.74 Å². The number of halogens is 1. The summed E-state index contributed by atoms with van der Waals surface area (Å²) in [6.07, 6.45) is 10.9. The molecule has 2 saturated carbocycles. The van der Waals surface area contributed by atoms with Crippen LogP contribution in [0.5, 0.6) is 0 Å². The molecule has 0 amide bonds. The molecule has 3 fully saturated rings. The fourth-order valence-electron chi connectivity index (χ4n) is 5.20. The highest BCUT2D eigenvalue weighted by Gasteiger charge is 2.54. The van der Waals surface area contributed by atoms with Gasteiger partial charge in [-0.3, -0.25) is 4.98 Å². The molecule has 2 aromatic heterocycles. The summed E-state index contributed by atoms with van der Waals surface area (Å²) >= 11 is 6.53. The number of rotatable bonds is 5. The van der Waals surface area contributed by atoms with Gasteiger partial charge >= 0.3 is 0 Å². The molecule has 160 valence electrons. The average Bonchev–Trinajstić information content (AvgIpc) is 3.41. The number of aromatic nitrogens is 2. The van der Waals surface area contributed by atoms with Crippen LogP contribution in [0.15, 0.2) is 30.5 Å². The van der Waals surface area contributed by atoms with E-state index in [1.54, 1.807) is 6.20 Å². The van der Waals surface area contributed by atoms with E-state index in [1.165, 1.54) is 19.3 Å². The van der Waals surface area contributed by atoms with Gasteiger partial charge in [0.1, 0.15) is 5.82 Å². The minimum absolute atomic E-state index is 0.376. The second-order valence-electron chi connectivity index (χ2n) is 9.42. The standard InChI is InChI=1S/C24H31ClN4O/c25-20-15-27-18(12-16-4-6-17(26)7-5-16)13-19(20)21-2-1-3-23(28-21)29-22-14-24(22)8-10-30-11-9-24/h1-3,13,15-17,22H,4-12,14,26H2,(H,28,29). The van der Waals surface area contributed by atoms with Gasteiger partial charge < -0.3 is 15.8 Å². The molecule has 3 heterocycles. The number of hydrogen-bond acceptors (Lipinski definition) is 5. The summed E-state index contributed by atoms with van der Waals surface area (Å²) < 4.78 is 5.53. The Morgan fingerprint density at radius 2 is 1.97 bits per heavy atom. The first kappa shape index (κ1) is 20.2. The van der Waals surface area contributed by atoms with Gasteiger partial charge in [-0.1, -0.05) is 17.7 Å². The third-order valence-corrected chi connectivity index (χ3v) is 7.63.